The second kappa shape index (κ2) is 3.14. The van der Waals surface area contributed by atoms with Gasteiger partial charge in [0.2, 0.25) is 0 Å². The van der Waals surface area contributed by atoms with Crippen LogP contribution in [-0.4, -0.2) is 22.1 Å². The van der Waals surface area contributed by atoms with Crippen LogP contribution in [-0.2, 0) is 4.89 Å². The summed E-state index contributed by atoms with van der Waals surface area (Å²) >= 11 is 0. The second-order valence-corrected chi connectivity index (χ2v) is 2.65. The van der Waals surface area contributed by atoms with Gasteiger partial charge in [0.1, 0.15) is 5.60 Å². The van der Waals surface area contributed by atoms with Crippen LogP contribution in [0.25, 0.3) is 0 Å². The molecule has 0 heterocycles. The summed E-state index contributed by atoms with van der Waals surface area (Å²) in [6, 6.07) is 0. The molecule has 0 unspecified atom stereocenters. The zero-order valence-corrected chi connectivity index (χ0v) is 6.59. The highest BCUT2D eigenvalue weighted by Gasteiger charge is 2.32. The van der Waals surface area contributed by atoms with E-state index in [-0.39, 0.29) is 0 Å². The minimum absolute atomic E-state index is 0.588. The molecule has 0 spiro atoms. The van der Waals surface area contributed by atoms with Crippen LogP contribution in [0, 0.1) is 0 Å². The molecule has 0 bridgehead atoms. The third-order valence-electron chi connectivity index (χ3n) is 1.83. The first-order valence-corrected chi connectivity index (χ1v) is 3.11. The van der Waals surface area contributed by atoms with E-state index in [0.29, 0.717) is 5.57 Å². The van der Waals surface area contributed by atoms with Crippen LogP contribution < -0.4 is 0 Å². The predicted molar refractivity (Wildman–Crippen MR) is 38.6 cm³/mol. The molecule has 0 saturated carbocycles. The van der Waals surface area contributed by atoms with Gasteiger partial charge in [-0.1, -0.05) is 6.58 Å². The van der Waals surface area contributed by atoms with Gasteiger partial charge in [0.15, 0.2) is 0 Å². The van der Waals surface area contributed by atoms with Gasteiger partial charge in [-0.25, -0.2) is 4.89 Å². The normalized spacial score (nSPS) is 19.7. The Morgan fingerprint density at radius 1 is 1.70 bits per heavy atom. The molecular formula is C7H14O3. The van der Waals surface area contributed by atoms with Gasteiger partial charge in [-0.2, -0.15) is 0 Å². The Bertz CT molecular complexity index is 131. The lowest BCUT2D eigenvalue weighted by Crippen LogP contribution is -2.40. The average molecular weight is 146 g/mol. The monoisotopic (exact) mass is 146 g/mol. The summed E-state index contributed by atoms with van der Waals surface area (Å²) in [6.45, 7) is 8.36. The van der Waals surface area contributed by atoms with E-state index < -0.39 is 11.7 Å². The van der Waals surface area contributed by atoms with Crippen LogP contribution in [0.15, 0.2) is 12.2 Å². The summed E-state index contributed by atoms with van der Waals surface area (Å²) in [6.07, 6.45) is -0.769. The highest BCUT2D eigenvalue weighted by atomic mass is 17.1. The van der Waals surface area contributed by atoms with Crippen molar-refractivity contribution >= 4 is 0 Å². The van der Waals surface area contributed by atoms with Crippen LogP contribution in [0.2, 0.25) is 0 Å². The summed E-state index contributed by atoms with van der Waals surface area (Å²) in [5, 5.41) is 17.5. The topological polar surface area (TPSA) is 49.7 Å². The van der Waals surface area contributed by atoms with E-state index >= 15 is 0 Å². The summed E-state index contributed by atoms with van der Waals surface area (Å²) < 4.78 is 0. The minimum atomic E-state index is -1.04. The Morgan fingerprint density at radius 3 is 2.10 bits per heavy atom. The first-order chi connectivity index (χ1) is 4.45. The Morgan fingerprint density at radius 2 is 2.10 bits per heavy atom. The molecule has 0 amide bonds. The van der Waals surface area contributed by atoms with Crippen LogP contribution in [0.3, 0.4) is 0 Å². The van der Waals surface area contributed by atoms with E-state index in [0.717, 1.165) is 0 Å². The summed E-state index contributed by atoms with van der Waals surface area (Å²) in [5.74, 6) is 0. The van der Waals surface area contributed by atoms with E-state index in [2.05, 4.69) is 11.5 Å². The number of aliphatic hydroxyl groups excluding tert-OH is 1. The van der Waals surface area contributed by atoms with Crippen LogP contribution in [0.4, 0.5) is 0 Å². The highest BCUT2D eigenvalue weighted by molar-refractivity contribution is 5.10. The number of aliphatic hydroxyl groups is 1. The number of hydrogen-bond donors (Lipinski definition) is 2. The number of rotatable bonds is 3. The van der Waals surface area contributed by atoms with E-state index in [9.17, 15) is 0 Å². The lowest BCUT2D eigenvalue weighted by molar-refractivity contribution is -0.324. The minimum Gasteiger partial charge on any atom is -0.390 e. The molecule has 0 radical (unpaired) electrons. The van der Waals surface area contributed by atoms with Crippen molar-refractivity contribution in [3.63, 3.8) is 0 Å². The van der Waals surface area contributed by atoms with Gasteiger partial charge in [0, 0.05) is 0 Å². The van der Waals surface area contributed by atoms with Gasteiger partial charge in [0.05, 0.1) is 6.10 Å². The van der Waals surface area contributed by atoms with Gasteiger partial charge in [-0.05, 0) is 26.3 Å². The molecular weight excluding hydrogens is 132 g/mol. The molecule has 0 rings (SSSR count). The maximum atomic E-state index is 9.10. The summed E-state index contributed by atoms with van der Waals surface area (Å²) in [7, 11) is 0. The Kier molecular flexibility index (Phi) is 3.02. The van der Waals surface area contributed by atoms with Gasteiger partial charge in [-0.3, -0.25) is 5.26 Å². The maximum absolute atomic E-state index is 9.10. The van der Waals surface area contributed by atoms with Crippen molar-refractivity contribution in [2.45, 2.75) is 32.5 Å². The molecule has 0 aromatic heterocycles. The van der Waals surface area contributed by atoms with E-state index in [1.54, 1.807) is 13.8 Å². The van der Waals surface area contributed by atoms with Gasteiger partial charge in [0.25, 0.3) is 0 Å². The molecule has 0 fully saturated rings. The van der Waals surface area contributed by atoms with Crippen LogP contribution in [0.1, 0.15) is 20.8 Å². The first-order valence-electron chi connectivity index (χ1n) is 3.11. The zero-order chi connectivity index (χ0) is 8.36. The van der Waals surface area contributed by atoms with E-state index in [4.69, 9.17) is 10.4 Å². The molecule has 0 aliphatic rings. The molecule has 0 aliphatic carbocycles. The predicted octanol–water partition coefficient (Wildman–Crippen LogP) is 1.19. The zero-order valence-electron chi connectivity index (χ0n) is 6.59. The van der Waals surface area contributed by atoms with Crippen molar-refractivity contribution in [1.29, 1.82) is 0 Å². The lowest BCUT2D eigenvalue weighted by atomic mass is 9.93. The fourth-order valence-electron chi connectivity index (χ4n) is 0.511. The summed E-state index contributed by atoms with van der Waals surface area (Å²) in [4.78, 5) is 4.11. The molecule has 3 heteroatoms. The van der Waals surface area contributed by atoms with Crippen molar-refractivity contribution in [2.24, 2.45) is 0 Å². The van der Waals surface area contributed by atoms with Gasteiger partial charge in [-0.15, -0.1) is 0 Å². The third-order valence-corrected chi connectivity index (χ3v) is 1.83. The van der Waals surface area contributed by atoms with E-state index in [1.807, 2.05) is 0 Å². The molecule has 0 aliphatic heterocycles. The molecule has 2 atom stereocenters. The molecule has 10 heavy (non-hydrogen) atoms. The van der Waals surface area contributed by atoms with Crippen molar-refractivity contribution in [1.82, 2.24) is 0 Å². The first kappa shape index (κ1) is 9.62. The fourth-order valence-corrected chi connectivity index (χ4v) is 0.511. The van der Waals surface area contributed by atoms with Crippen molar-refractivity contribution in [2.75, 3.05) is 0 Å². The fraction of sp³-hybridized carbons (Fsp3) is 0.714. The molecule has 0 aromatic carbocycles. The molecule has 60 valence electrons. The van der Waals surface area contributed by atoms with Crippen LogP contribution >= 0.6 is 0 Å². The molecule has 3 nitrogen and oxygen atoms in total. The second-order valence-electron chi connectivity index (χ2n) is 2.65. The molecule has 0 saturated heterocycles. The highest BCUT2D eigenvalue weighted by Crippen LogP contribution is 2.22. The SMILES string of the molecule is C=C(C)[C@@](C)(OO)[C@H](C)O. The van der Waals surface area contributed by atoms with Gasteiger partial charge >= 0.3 is 0 Å². The van der Waals surface area contributed by atoms with Crippen LogP contribution in [0.5, 0.6) is 0 Å². The standard InChI is InChI=1S/C7H14O3/c1-5(2)7(4,10-9)6(3)8/h6,8-9H,1H2,2-4H3/t6-,7+/m0/s1. The summed E-state index contributed by atoms with van der Waals surface area (Å²) in [5.41, 5.74) is -0.454. The average Bonchev–Trinajstić information content (AvgIpc) is 1.85. The largest absolute Gasteiger partial charge is 0.390 e. The maximum Gasteiger partial charge on any atom is 0.146 e. The van der Waals surface area contributed by atoms with E-state index in [1.165, 1.54) is 6.92 Å². The molecule has 2 N–H and O–H groups in total. The Hall–Kier alpha value is -0.380. The van der Waals surface area contributed by atoms with Gasteiger partial charge < -0.3 is 5.11 Å². The van der Waals surface area contributed by atoms with Crippen molar-refractivity contribution in [3.05, 3.63) is 12.2 Å². The van der Waals surface area contributed by atoms with Crippen molar-refractivity contribution in [3.8, 4) is 0 Å². The smallest absolute Gasteiger partial charge is 0.146 e. The Labute approximate surface area is 60.9 Å². The molecule has 0 aromatic rings. The number of hydrogen-bond acceptors (Lipinski definition) is 3. The lowest BCUT2D eigenvalue weighted by Gasteiger charge is -2.28. The quantitative estimate of drug-likeness (QED) is 0.357. The Balaban J connectivity index is 4.38. The van der Waals surface area contributed by atoms with Crippen molar-refractivity contribution < 1.29 is 15.3 Å². The third kappa shape index (κ3) is 1.56.